The van der Waals surface area contributed by atoms with Gasteiger partial charge in [-0.3, -0.25) is 4.79 Å². The predicted octanol–water partition coefficient (Wildman–Crippen LogP) is 3.43. The van der Waals surface area contributed by atoms with Crippen molar-refractivity contribution in [3.8, 4) is 23.0 Å². The van der Waals surface area contributed by atoms with E-state index in [9.17, 15) is 9.90 Å². The molecule has 1 aliphatic carbocycles. The highest BCUT2D eigenvalue weighted by molar-refractivity contribution is 6.00. The van der Waals surface area contributed by atoms with Gasteiger partial charge >= 0.3 is 0 Å². The summed E-state index contributed by atoms with van der Waals surface area (Å²) in [6, 6.07) is 10.4. The van der Waals surface area contributed by atoms with Gasteiger partial charge in [0.25, 0.3) is 0 Å². The summed E-state index contributed by atoms with van der Waals surface area (Å²) < 4.78 is 17.6. The molecule has 9 nitrogen and oxygen atoms in total. The number of methoxy groups -OCH3 is 3. The van der Waals surface area contributed by atoms with Gasteiger partial charge in [-0.2, -0.15) is 10.1 Å². The Labute approximate surface area is 190 Å². The number of benzene rings is 2. The maximum atomic E-state index is 13.5. The zero-order valence-electron chi connectivity index (χ0n) is 18.5. The number of carbonyl (C=O) groups excluding carboxylic acids is 1. The minimum Gasteiger partial charge on any atom is -0.504 e. The third-order valence-electron chi connectivity index (χ3n) is 6.26. The molecule has 0 spiro atoms. The van der Waals surface area contributed by atoms with Gasteiger partial charge in [0.05, 0.1) is 21.3 Å². The second kappa shape index (κ2) is 8.16. The van der Waals surface area contributed by atoms with Crippen LogP contribution < -0.4 is 19.5 Å². The van der Waals surface area contributed by atoms with E-state index in [-0.39, 0.29) is 17.5 Å². The van der Waals surface area contributed by atoms with Gasteiger partial charge in [-0.1, -0.05) is 12.1 Å². The van der Waals surface area contributed by atoms with E-state index in [1.54, 1.807) is 31.0 Å². The number of phenolic OH excluding ortho intramolecular Hbond substituents is 1. The summed E-state index contributed by atoms with van der Waals surface area (Å²) >= 11 is 0. The number of aromatic hydroxyl groups is 1. The highest BCUT2D eigenvalue weighted by Gasteiger charge is 2.39. The standard InChI is InChI=1S/C24H24N4O5/c1-31-19-6-5-14(9-17(19)29)23-22-16(27-24-25-12-26-28(23)24)8-15(10-18(22)30)13-4-7-20(32-2)21(11-13)33-3/h4-7,9,11-12,15,23,29H,8,10H2,1-3H3,(H,25,26,27)/t15-,23-/m0/s1. The smallest absolute Gasteiger partial charge is 0.226 e. The lowest BCUT2D eigenvalue weighted by Crippen LogP contribution is -2.33. The Morgan fingerprint density at radius 3 is 2.42 bits per heavy atom. The minimum absolute atomic E-state index is 0.00353. The largest absolute Gasteiger partial charge is 0.504 e. The van der Waals surface area contributed by atoms with Gasteiger partial charge in [-0.05, 0) is 47.7 Å². The Morgan fingerprint density at radius 1 is 0.970 bits per heavy atom. The van der Waals surface area contributed by atoms with Crippen molar-refractivity contribution in [2.45, 2.75) is 24.8 Å². The van der Waals surface area contributed by atoms with Crippen LogP contribution >= 0.6 is 0 Å². The summed E-state index contributed by atoms with van der Waals surface area (Å²) in [5.74, 6) is 2.19. The number of phenols is 1. The molecule has 2 aliphatic rings. The highest BCUT2D eigenvalue weighted by Crippen LogP contribution is 2.45. The van der Waals surface area contributed by atoms with E-state index >= 15 is 0 Å². The van der Waals surface area contributed by atoms with E-state index in [2.05, 4.69) is 15.4 Å². The lowest BCUT2D eigenvalue weighted by Gasteiger charge is -2.35. The van der Waals surface area contributed by atoms with E-state index in [4.69, 9.17) is 14.2 Å². The minimum atomic E-state index is -0.491. The second-order valence-electron chi connectivity index (χ2n) is 8.02. The normalized spacial score (nSPS) is 19.4. The molecule has 2 heterocycles. The van der Waals surface area contributed by atoms with Crippen molar-refractivity contribution in [3.63, 3.8) is 0 Å². The molecule has 9 heteroatoms. The Hall–Kier alpha value is -4.01. The quantitative estimate of drug-likeness (QED) is 0.611. The van der Waals surface area contributed by atoms with Crippen LogP contribution in [0.3, 0.4) is 0 Å². The van der Waals surface area contributed by atoms with Crippen molar-refractivity contribution in [3.05, 3.63) is 65.1 Å². The van der Waals surface area contributed by atoms with Gasteiger partial charge in [0.2, 0.25) is 5.95 Å². The van der Waals surface area contributed by atoms with Crippen LogP contribution in [0.15, 0.2) is 54.0 Å². The van der Waals surface area contributed by atoms with Crippen LogP contribution in [-0.4, -0.2) is 47.0 Å². The molecule has 0 saturated carbocycles. The molecule has 0 unspecified atom stereocenters. The van der Waals surface area contributed by atoms with Crippen LogP contribution in [0, 0.1) is 0 Å². The monoisotopic (exact) mass is 448 g/mol. The Balaban J connectivity index is 1.56. The van der Waals surface area contributed by atoms with Crippen LogP contribution in [0.1, 0.15) is 35.9 Å². The van der Waals surface area contributed by atoms with Crippen molar-refractivity contribution in [1.82, 2.24) is 14.8 Å². The van der Waals surface area contributed by atoms with E-state index in [0.717, 1.165) is 16.8 Å². The van der Waals surface area contributed by atoms with Crippen LogP contribution in [0.4, 0.5) is 5.95 Å². The number of ketones is 1. The number of anilines is 1. The van der Waals surface area contributed by atoms with Crippen molar-refractivity contribution in [1.29, 1.82) is 0 Å². The number of hydrogen-bond acceptors (Lipinski definition) is 8. The molecule has 1 aromatic heterocycles. The Bertz CT molecular complexity index is 1270. The number of fused-ring (bicyclic) bond motifs is 1. The van der Waals surface area contributed by atoms with Crippen LogP contribution in [0.5, 0.6) is 23.0 Å². The molecular weight excluding hydrogens is 424 g/mol. The van der Waals surface area contributed by atoms with Gasteiger partial charge in [0.1, 0.15) is 12.4 Å². The summed E-state index contributed by atoms with van der Waals surface area (Å²) in [6.45, 7) is 0. The molecule has 2 aromatic carbocycles. The van der Waals surface area contributed by atoms with Crippen molar-refractivity contribution >= 4 is 11.7 Å². The summed E-state index contributed by atoms with van der Waals surface area (Å²) in [7, 11) is 4.69. The van der Waals surface area contributed by atoms with Gasteiger partial charge in [0.15, 0.2) is 28.8 Å². The van der Waals surface area contributed by atoms with Crippen molar-refractivity contribution in [2.75, 3.05) is 26.6 Å². The number of ether oxygens (including phenoxy) is 3. The first-order valence-corrected chi connectivity index (χ1v) is 10.6. The van der Waals surface area contributed by atoms with E-state index in [0.29, 0.717) is 41.6 Å². The first-order chi connectivity index (χ1) is 16.0. The average molecular weight is 448 g/mol. The van der Waals surface area contributed by atoms with Gasteiger partial charge in [-0.15, -0.1) is 0 Å². The zero-order valence-corrected chi connectivity index (χ0v) is 18.5. The number of Topliss-reactive ketones (excluding diaryl/α,β-unsaturated/α-hetero) is 1. The second-order valence-corrected chi connectivity index (χ2v) is 8.02. The van der Waals surface area contributed by atoms with Gasteiger partial charge in [-0.25, -0.2) is 4.68 Å². The lowest BCUT2D eigenvalue weighted by molar-refractivity contribution is -0.116. The van der Waals surface area contributed by atoms with E-state index < -0.39 is 6.04 Å². The van der Waals surface area contributed by atoms with Gasteiger partial charge in [0, 0.05) is 17.7 Å². The lowest BCUT2D eigenvalue weighted by atomic mass is 9.78. The summed E-state index contributed by atoms with van der Waals surface area (Å²) in [5, 5.41) is 18.0. The van der Waals surface area contributed by atoms with Gasteiger partial charge < -0.3 is 24.6 Å². The fourth-order valence-corrected chi connectivity index (χ4v) is 4.68. The molecule has 0 fully saturated rings. The highest BCUT2D eigenvalue weighted by atomic mass is 16.5. The van der Waals surface area contributed by atoms with Crippen molar-refractivity contribution < 1.29 is 24.1 Å². The summed E-state index contributed by atoms with van der Waals surface area (Å²) in [5.41, 5.74) is 3.17. The molecule has 0 saturated heterocycles. The predicted molar refractivity (Wildman–Crippen MR) is 120 cm³/mol. The van der Waals surface area contributed by atoms with E-state index in [1.165, 1.54) is 13.4 Å². The first-order valence-electron chi connectivity index (χ1n) is 10.6. The maximum Gasteiger partial charge on any atom is 0.226 e. The summed E-state index contributed by atoms with van der Waals surface area (Å²) in [6.07, 6.45) is 2.42. The molecule has 2 N–H and O–H groups in total. The van der Waals surface area contributed by atoms with E-state index in [1.807, 2.05) is 24.3 Å². The molecule has 1 aliphatic heterocycles. The molecule has 0 radical (unpaired) electrons. The SMILES string of the molecule is COc1ccc([C@H]2C3=C(C[C@H](c4ccc(OC)c(OC)c4)CC3=O)Nc3ncnn32)cc1O. The Kier molecular flexibility index (Phi) is 5.16. The average Bonchev–Trinajstić information content (AvgIpc) is 3.30. The van der Waals surface area contributed by atoms with Crippen LogP contribution in [0.25, 0.3) is 0 Å². The molecule has 0 bridgehead atoms. The fraction of sp³-hybridized carbons (Fsp3) is 0.292. The number of allylic oxidation sites excluding steroid dienone is 2. The molecule has 170 valence electrons. The number of nitrogens with zero attached hydrogens (tertiary/aromatic N) is 3. The fourth-order valence-electron chi connectivity index (χ4n) is 4.68. The molecule has 2 atom stereocenters. The van der Waals surface area contributed by atoms with Crippen LogP contribution in [-0.2, 0) is 4.79 Å². The first kappa shape index (κ1) is 20.9. The zero-order chi connectivity index (χ0) is 23.1. The number of nitrogens with one attached hydrogen (secondary N) is 1. The maximum absolute atomic E-state index is 13.5. The number of rotatable bonds is 5. The number of hydrogen-bond donors (Lipinski definition) is 2. The summed E-state index contributed by atoms with van der Waals surface area (Å²) in [4.78, 5) is 17.8. The number of aromatic nitrogens is 3. The number of carbonyl (C=O) groups is 1. The third kappa shape index (κ3) is 3.45. The van der Waals surface area contributed by atoms with Crippen LogP contribution in [0.2, 0.25) is 0 Å². The topological polar surface area (TPSA) is 108 Å². The Morgan fingerprint density at radius 2 is 1.70 bits per heavy atom. The molecular formula is C24H24N4O5. The van der Waals surface area contributed by atoms with Crippen molar-refractivity contribution in [2.24, 2.45) is 0 Å². The molecule has 0 amide bonds. The molecule has 33 heavy (non-hydrogen) atoms. The third-order valence-corrected chi connectivity index (χ3v) is 6.26. The molecule has 3 aromatic rings. The molecule has 5 rings (SSSR count).